The zero-order chi connectivity index (χ0) is 14.8. The quantitative estimate of drug-likeness (QED) is 0.919. The van der Waals surface area contributed by atoms with Crippen LogP contribution in [0.2, 0.25) is 0 Å². The molecule has 20 heavy (non-hydrogen) atoms. The number of methoxy groups -OCH3 is 1. The zero-order valence-electron chi connectivity index (χ0n) is 13.2. The van der Waals surface area contributed by atoms with E-state index in [4.69, 9.17) is 10.5 Å². The molecular weight excluding hydrogens is 248 g/mol. The molecule has 0 bridgehead atoms. The van der Waals surface area contributed by atoms with E-state index in [1.165, 1.54) is 17.5 Å². The van der Waals surface area contributed by atoms with Crippen molar-refractivity contribution in [1.82, 2.24) is 4.90 Å². The van der Waals surface area contributed by atoms with Gasteiger partial charge in [0.2, 0.25) is 0 Å². The number of piperidine rings is 1. The second kappa shape index (κ2) is 6.25. The molecule has 112 valence electrons. The van der Waals surface area contributed by atoms with Crippen molar-refractivity contribution in [1.29, 1.82) is 0 Å². The standard InChI is InChI=1S/C17H28N2O/c1-13-6-8-15(9-7-13)16(14(2)18)19-11-5-10-17(3,12-19)20-4/h6-9,14,16H,5,10-12,18H2,1-4H3. The molecule has 3 heteroatoms. The van der Waals surface area contributed by atoms with Crippen molar-refractivity contribution >= 4 is 0 Å². The summed E-state index contributed by atoms with van der Waals surface area (Å²) in [5, 5.41) is 0. The van der Waals surface area contributed by atoms with Crippen LogP contribution in [0, 0.1) is 6.92 Å². The highest BCUT2D eigenvalue weighted by molar-refractivity contribution is 5.25. The number of hydrogen-bond acceptors (Lipinski definition) is 3. The molecule has 2 N–H and O–H groups in total. The minimum atomic E-state index is -0.0455. The molecule has 0 amide bonds. The zero-order valence-corrected chi connectivity index (χ0v) is 13.2. The van der Waals surface area contributed by atoms with E-state index in [0.29, 0.717) is 0 Å². The Morgan fingerprint density at radius 3 is 2.50 bits per heavy atom. The highest BCUT2D eigenvalue weighted by Crippen LogP contribution is 2.32. The van der Waals surface area contributed by atoms with Crippen molar-refractivity contribution in [2.24, 2.45) is 5.73 Å². The Kier molecular flexibility index (Phi) is 4.84. The number of nitrogens with two attached hydrogens (primary N) is 1. The van der Waals surface area contributed by atoms with Crippen LogP contribution in [-0.2, 0) is 4.74 Å². The number of nitrogens with zero attached hydrogens (tertiary/aromatic N) is 1. The van der Waals surface area contributed by atoms with Crippen molar-refractivity contribution in [3.05, 3.63) is 35.4 Å². The minimum Gasteiger partial charge on any atom is -0.377 e. The third kappa shape index (κ3) is 3.40. The van der Waals surface area contributed by atoms with Crippen LogP contribution in [0.25, 0.3) is 0 Å². The molecule has 1 aromatic rings. The molecule has 0 aromatic heterocycles. The normalized spacial score (nSPS) is 27.2. The second-order valence-corrected chi connectivity index (χ2v) is 6.44. The first-order chi connectivity index (χ1) is 9.45. The summed E-state index contributed by atoms with van der Waals surface area (Å²) >= 11 is 0. The topological polar surface area (TPSA) is 38.5 Å². The fourth-order valence-corrected chi connectivity index (χ4v) is 3.26. The lowest BCUT2D eigenvalue weighted by molar-refractivity contribution is -0.0637. The average molecular weight is 276 g/mol. The Labute approximate surface area is 123 Å². The van der Waals surface area contributed by atoms with Gasteiger partial charge in [0.05, 0.1) is 5.60 Å². The highest BCUT2D eigenvalue weighted by atomic mass is 16.5. The van der Waals surface area contributed by atoms with Gasteiger partial charge in [0.15, 0.2) is 0 Å². The average Bonchev–Trinajstić information content (AvgIpc) is 2.41. The molecule has 0 radical (unpaired) electrons. The maximum atomic E-state index is 6.29. The number of likely N-dealkylation sites (tertiary alicyclic amines) is 1. The minimum absolute atomic E-state index is 0.0455. The molecule has 1 saturated heterocycles. The van der Waals surface area contributed by atoms with Crippen LogP contribution in [0.1, 0.15) is 43.9 Å². The first-order valence-electron chi connectivity index (χ1n) is 7.56. The lowest BCUT2D eigenvalue weighted by Crippen LogP contribution is -2.51. The van der Waals surface area contributed by atoms with Crippen LogP contribution in [0.15, 0.2) is 24.3 Å². The Bertz CT molecular complexity index is 429. The first-order valence-corrected chi connectivity index (χ1v) is 7.56. The maximum Gasteiger partial charge on any atom is 0.0777 e. The summed E-state index contributed by atoms with van der Waals surface area (Å²) < 4.78 is 5.71. The molecular formula is C17H28N2O. The summed E-state index contributed by atoms with van der Waals surface area (Å²) in [6.45, 7) is 8.46. The number of aryl methyl sites for hydroxylation is 1. The van der Waals surface area contributed by atoms with E-state index in [1.807, 2.05) is 7.11 Å². The van der Waals surface area contributed by atoms with E-state index in [-0.39, 0.29) is 17.7 Å². The predicted octanol–water partition coefficient (Wildman–Crippen LogP) is 2.88. The van der Waals surface area contributed by atoms with Gasteiger partial charge in [0, 0.05) is 25.7 Å². The van der Waals surface area contributed by atoms with Crippen LogP contribution in [0.4, 0.5) is 0 Å². The summed E-state index contributed by atoms with van der Waals surface area (Å²) in [5.41, 5.74) is 8.84. The van der Waals surface area contributed by atoms with Crippen LogP contribution in [0.5, 0.6) is 0 Å². The van der Waals surface area contributed by atoms with Crippen LogP contribution in [0.3, 0.4) is 0 Å². The molecule has 1 aliphatic heterocycles. The van der Waals surface area contributed by atoms with Crippen molar-refractivity contribution in [2.45, 2.75) is 51.3 Å². The highest BCUT2D eigenvalue weighted by Gasteiger charge is 2.35. The summed E-state index contributed by atoms with van der Waals surface area (Å²) in [7, 11) is 1.82. The third-order valence-electron chi connectivity index (χ3n) is 4.49. The largest absolute Gasteiger partial charge is 0.377 e. The Morgan fingerprint density at radius 1 is 1.30 bits per heavy atom. The second-order valence-electron chi connectivity index (χ2n) is 6.44. The molecule has 3 atom stereocenters. The molecule has 1 fully saturated rings. The van der Waals surface area contributed by atoms with E-state index < -0.39 is 0 Å². The van der Waals surface area contributed by atoms with Crippen molar-refractivity contribution < 1.29 is 4.74 Å². The van der Waals surface area contributed by atoms with Crippen molar-refractivity contribution in [2.75, 3.05) is 20.2 Å². The summed E-state index contributed by atoms with van der Waals surface area (Å²) in [4.78, 5) is 2.49. The fraction of sp³-hybridized carbons (Fsp3) is 0.647. The van der Waals surface area contributed by atoms with E-state index in [9.17, 15) is 0 Å². The summed E-state index contributed by atoms with van der Waals surface area (Å²) in [6, 6.07) is 9.14. The molecule has 0 aliphatic carbocycles. The number of ether oxygens (including phenoxy) is 1. The fourth-order valence-electron chi connectivity index (χ4n) is 3.26. The number of benzene rings is 1. The van der Waals surface area contributed by atoms with Gasteiger partial charge in [-0.1, -0.05) is 29.8 Å². The van der Waals surface area contributed by atoms with E-state index in [2.05, 4.69) is 49.9 Å². The summed E-state index contributed by atoms with van der Waals surface area (Å²) in [6.07, 6.45) is 2.29. The molecule has 1 aromatic carbocycles. The molecule has 2 rings (SSSR count). The van der Waals surface area contributed by atoms with E-state index >= 15 is 0 Å². The van der Waals surface area contributed by atoms with Crippen LogP contribution >= 0.6 is 0 Å². The molecule has 0 spiro atoms. The van der Waals surface area contributed by atoms with Gasteiger partial charge in [0.1, 0.15) is 0 Å². The van der Waals surface area contributed by atoms with Gasteiger partial charge >= 0.3 is 0 Å². The van der Waals surface area contributed by atoms with Crippen LogP contribution in [-0.4, -0.2) is 36.7 Å². The maximum absolute atomic E-state index is 6.29. The lowest BCUT2D eigenvalue weighted by Gasteiger charge is -2.44. The molecule has 1 aliphatic rings. The lowest BCUT2D eigenvalue weighted by atomic mass is 9.90. The van der Waals surface area contributed by atoms with Crippen LogP contribution < -0.4 is 5.73 Å². The third-order valence-corrected chi connectivity index (χ3v) is 4.49. The van der Waals surface area contributed by atoms with Crippen molar-refractivity contribution in [3.63, 3.8) is 0 Å². The number of hydrogen-bond donors (Lipinski definition) is 1. The van der Waals surface area contributed by atoms with Gasteiger partial charge in [-0.05, 0) is 45.7 Å². The predicted molar refractivity (Wildman–Crippen MR) is 83.8 cm³/mol. The van der Waals surface area contributed by atoms with Gasteiger partial charge in [-0.2, -0.15) is 0 Å². The van der Waals surface area contributed by atoms with Gasteiger partial charge in [-0.15, -0.1) is 0 Å². The first kappa shape index (κ1) is 15.5. The molecule has 1 heterocycles. The molecule has 3 unspecified atom stereocenters. The number of rotatable bonds is 4. The van der Waals surface area contributed by atoms with Gasteiger partial charge in [0.25, 0.3) is 0 Å². The van der Waals surface area contributed by atoms with Gasteiger partial charge in [-0.25, -0.2) is 0 Å². The van der Waals surface area contributed by atoms with Crippen molar-refractivity contribution in [3.8, 4) is 0 Å². The summed E-state index contributed by atoms with van der Waals surface area (Å²) in [5.74, 6) is 0. The SMILES string of the molecule is COC1(C)CCCN(C(c2ccc(C)cc2)C(C)N)C1. The molecule has 3 nitrogen and oxygen atoms in total. The monoisotopic (exact) mass is 276 g/mol. The molecule has 0 saturated carbocycles. The smallest absolute Gasteiger partial charge is 0.0777 e. The Balaban J connectivity index is 2.22. The van der Waals surface area contributed by atoms with E-state index in [1.54, 1.807) is 0 Å². The Morgan fingerprint density at radius 2 is 1.95 bits per heavy atom. The van der Waals surface area contributed by atoms with Gasteiger partial charge < -0.3 is 10.5 Å². The Hall–Kier alpha value is -0.900. The van der Waals surface area contributed by atoms with Gasteiger partial charge in [-0.3, -0.25) is 4.90 Å². The van der Waals surface area contributed by atoms with E-state index in [0.717, 1.165) is 19.5 Å².